The lowest BCUT2D eigenvalue weighted by atomic mass is 10.1. The Morgan fingerprint density at radius 2 is 1.60 bits per heavy atom. The number of nitrogens with zero attached hydrogens (tertiary/aromatic N) is 2. The molecule has 35 heavy (non-hydrogen) atoms. The summed E-state index contributed by atoms with van der Waals surface area (Å²) in [4.78, 5) is 27.8. The molecule has 0 radical (unpaired) electrons. The van der Waals surface area contributed by atoms with E-state index < -0.39 is 28.5 Å². The zero-order chi connectivity index (χ0) is 26.2. The molecule has 2 aromatic rings. The summed E-state index contributed by atoms with van der Waals surface area (Å²) in [5, 5.41) is 2.85. The second-order valence-corrected chi connectivity index (χ2v) is 10.6. The first-order valence-corrected chi connectivity index (χ1v) is 13.1. The summed E-state index contributed by atoms with van der Waals surface area (Å²) in [5.74, 6) is 0.538. The summed E-state index contributed by atoms with van der Waals surface area (Å²) in [7, 11) is -0.772. The van der Waals surface area contributed by atoms with Gasteiger partial charge in [-0.05, 0) is 42.7 Å². The van der Waals surface area contributed by atoms with Crippen LogP contribution in [-0.4, -0.2) is 64.7 Å². The number of sulfonamides is 1. The maximum Gasteiger partial charge on any atom is 0.244 e. The van der Waals surface area contributed by atoms with Crippen LogP contribution in [0.15, 0.2) is 48.5 Å². The Labute approximate surface area is 208 Å². The van der Waals surface area contributed by atoms with Crippen LogP contribution >= 0.6 is 0 Å². The summed E-state index contributed by atoms with van der Waals surface area (Å²) in [5.41, 5.74) is 1.07. The molecule has 0 aromatic heterocycles. The molecule has 1 atom stereocenters. The highest BCUT2D eigenvalue weighted by molar-refractivity contribution is 7.92. The van der Waals surface area contributed by atoms with Gasteiger partial charge in [0.05, 0.1) is 26.2 Å². The van der Waals surface area contributed by atoms with Gasteiger partial charge in [-0.15, -0.1) is 0 Å². The standard InChI is InChI=1S/C25H35N3O6S/c1-18(2)15-26-25(30)19(3)27(16-20-10-12-22(33-4)13-11-20)24(29)17-28(35(6,31)32)21-8-7-9-23(14-21)34-5/h7-14,18-19H,15-17H2,1-6H3,(H,26,30). The highest BCUT2D eigenvalue weighted by atomic mass is 32.2. The van der Waals surface area contributed by atoms with Crippen molar-refractivity contribution >= 4 is 27.5 Å². The minimum absolute atomic E-state index is 0.120. The fourth-order valence-corrected chi connectivity index (χ4v) is 4.18. The molecule has 192 valence electrons. The lowest BCUT2D eigenvalue weighted by Gasteiger charge is -2.31. The first-order valence-electron chi connectivity index (χ1n) is 11.3. The Morgan fingerprint density at radius 1 is 0.971 bits per heavy atom. The number of benzene rings is 2. The molecule has 0 spiro atoms. The van der Waals surface area contributed by atoms with Gasteiger partial charge >= 0.3 is 0 Å². The van der Waals surface area contributed by atoms with E-state index in [1.165, 1.54) is 12.0 Å². The first kappa shape index (κ1) is 28.0. The molecule has 9 nitrogen and oxygen atoms in total. The second kappa shape index (κ2) is 12.4. The SMILES string of the molecule is COc1ccc(CN(C(=O)CN(c2cccc(OC)c2)S(C)(=O)=O)C(C)C(=O)NCC(C)C)cc1. The molecule has 2 amide bonds. The van der Waals surface area contributed by atoms with Gasteiger partial charge in [-0.3, -0.25) is 13.9 Å². The van der Waals surface area contributed by atoms with Gasteiger partial charge in [0.15, 0.2) is 0 Å². The fraction of sp³-hybridized carbons (Fsp3) is 0.440. The average Bonchev–Trinajstić information content (AvgIpc) is 2.83. The van der Waals surface area contributed by atoms with E-state index in [1.54, 1.807) is 62.6 Å². The maximum absolute atomic E-state index is 13.5. The van der Waals surface area contributed by atoms with Crippen molar-refractivity contribution in [3.63, 3.8) is 0 Å². The smallest absolute Gasteiger partial charge is 0.244 e. The van der Waals surface area contributed by atoms with Crippen LogP contribution in [-0.2, 0) is 26.2 Å². The topological polar surface area (TPSA) is 105 Å². The number of anilines is 1. The van der Waals surface area contributed by atoms with Crippen LogP contribution in [0.4, 0.5) is 5.69 Å². The quantitative estimate of drug-likeness (QED) is 0.476. The van der Waals surface area contributed by atoms with E-state index in [0.717, 1.165) is 16.1 Å². The molecule has 0 heterocycles. The summed E-state index contributed by atoms with van der Waals surface area (Å²) in [6.45, 7) is 5.70. The van der Waals surface area contributed by atoms with Crippen LogP contribution in [0.2, 0.25) is 0 Å². The highest BCUT2D eigenvalue weighted by Crippen LogP contribution is 2.24. The molecule has 2 aromatic carbocycles. The molecule has 0 saturated carbocycles. The van der Waals surface area contributed by atoms with Gasteiger partial charge in [0, 0.05) is 19.2 Å². The molecule has 0 saturated heterocycles. The average molecular weight is 506 g/mol. The van der Waals surface area contributed by atoms with Crippen LogP contribution in [0.1, 0.15) is 26.3 Å². The molecule has 1 N–H and O–H groups in total. The third-order valence-electron chi connectivity index (χ3n) is 5.38. The summed E-state index contributed by atoms with van der Waals surface area (Å²) >= 11 is 0. The molecular weight excluding hydrogens is 470 g/mol. The molecule has 0 bridgehead atoms. The van der Waals surface area contributed by atoms with E-state index in [4.69, 9.17) is 9.47 Å². The number of ether oxygens (including phenoxy) is 2. The third-order valence-corrected chi connectivity index (χ3v) is 6.52. The molecule has 2 rings (SSSR count). The Morgan fingerprint density at radius 3 is 2.14 bits per heavy atom. The summed E-state index contributed by atoms with van der Waals surface area (Å²) < 4.78 is 36.6. The number of rotatable bonds is 12. The van der Waals surface area contributed by atoms with E-state index in [0.29, 0.717) is 23.7 Å². The number of nitrogens with one attached hydrogen (secondary N) is 1. The molecule has 0 fully saturated rings. The van der Waals surface area contributed by atoms with Crippen molar-refractivity contribution in [3.8, 4) is 11.5 Å². The number of carbonyl (C=O) groups is 2. The second-order valence-electron chi connectivity index (χ2n) is 8.66. The molecule has 0 aliphatic rings. The number of hydrogen-bond acceptors (Lipinski definition) is 6. The number of amides is 2. The van der Waals surface area contributed by atoms with Crippen LogP contribution in [0, 0.1) is 5.92 Å². The highest BCUT2D eigenvalue weighted by Gasteiger charge is 2.30. The maximum atomic E-state index is 13.5. The Balaban J connectivity index is 2.37. The fourth-order valence-electron chi connectivity index (χ4n) is 3.34. The third kappa shape index (κ3) is 8.17. The predicted octanol–water partition coefficient (Wildman–Crippen LogP) is 2.66. The summed E-state index contributed by atoms with van der Waals surface area (Å²) in [6.07, 6.45) is 1.03. The Hall–Kier alpha value is -3.27. The molecule has 10 heteroatoms. The van der Waals surface area contributed by atoms with Crippen LogP contribution in [0.25, 0.3) is 0 Å². The molecular formula is C25H35N3O6S. The van der Waals surface area contributed by atoms with E-state index in [-0.39, 0.29) is 18.4 Å². The molecule has 0 aliphatic heterocycles. The minimum atomic E-state index is -3.81. The minimum Gasteiger partial charge on any atom is -0.497 e. The largest absolute Gasteiger partial charge is 0.497 e. The Kier molecular flexibility index (Phi) is 9.94. The van der Waals surface area contributed by atoms with Gasteiger partial charge in [0.25, 0.3) is 0 Å². The first-order chi connectivity index (χ1) is 16.5. The van der Waals surface area contributed by atoms with Crippen molar-refractivity contribution in [2.75, 3.05) is 37.9 Å². The normalized spacial score (nSPS) is 12.1. The van der Waals surface area contributed by atoms with Crippen LogP contribution in [0.3, 0.4) is 0 Å². The van der Waals surface area contributed by atoms with Crippen molar-refractivity contribution < 1.29 is 27.5 Å². The lowest BCUT2D eigenvalue weighted by molar-refractivity contribution is -0.139. The summed E-state index contributed by atoms with van der Waals surface area (Å²) in [6, 6.07) is 12.8. The van der Waals surface area contributed by atoms with Gasteiger partial charge in [0.2, 0.25) is 21.8 Å². The van der Waals surface area contributed by atoms with Crippen molar-refractivity contribution in [1.82, 2.24) is 10.2 Å². The van der Waals surface area contributed by atoms with Crippen LogP contribution in [0.5, 0.6) is 11.5 Å². The zero-order valence-corrected chi connectivity index (χ0v) is 22.0. The van der Waals surface area contributed by atoms with Crippen molar-refractivity contribution in [3.05, 3.63) is 54.1 Å². The zero-order valence-electron chi connectivity index (χ0n) is 21.1. The van der Waals surface area contributed by atoms with E-state index >= 15 is 0 Å². The lowest BCUT2D eigenvalue weighted by Crippen LogP contribution is -2.51. The monoisotopic (exact) mass is 505 g/mol. The predicted molar refractivity (Wildman–Crippen MR) is 136 cm³/mol. The van der Waals surface area contributed by atoms with Gasteiger partial charge in [0.1, 0.15) is 24.1 Å². The van der Waals surface area contributed by atoms with Crippen molar-refractivity contribution in [2.24, 2.45) is 5.92 Å². The van der Waals surface area contributed by atoms with Gasteiger partial charge in [-0.1, -0.05) is 32.0 Å². The van der Waals surface area contributed by atoms with Crippen molar-refractivity contribution in [2.45, 2.75) is 33.4 Å². The number of methoxy groups -OCH3 is 2. The van der Waals surface area contributed by atoms with E-state index in [1.807, 2.05) is 13.8 Å². The van der Waals surface area contributed by atoms with Gasteiger partial charge in [-0.25, -0.2) is 8.42 Å². The van der Waals surface area contributed by atoms with Gasteiger partial charge in [-0.2, -0.15) is 0 Å². The van der Waals surface area contributed by atoms with Gasteiger partial charge < -0.3 is 19.7 Å². The number of hydrogen-bond donors (Lipinski definition) is 1. The van der Waals surface area contributed by atoms with Crippen molar-refractivity contribution in [1.29, 1.82) is 0 Å². The Bertz CT molecular complexity index is 1100. The van der Waals surface area contributed by atoms with E-state index in [9.17, 15) is 18.0 Å². The van der Waals surface area contributed by atoms with E-state index in [2.05, 4.69) is 5.32 Å². The number of carbonyl (C=O) groups excluding carboxylic acids is 2. The molecule has 0 aliphatic carbocycles. The molecule has 1 unspecified atom stereocenters. The van der Waals surface area contributed by atoms with Crippen LogP contribution < -0.4 is 19.1 Å².